The highest BCUT2D eigenvalue weighted by molar-refractivity contribution is 9.10. The van der Waals surface area contributed by atoms with Crippen LogP contribution in [-0.2, 0) is 0 Å². The van der Waals surface area contributed by atoms with Gasteiger partial charge in [-0.15, -0.1) is 0 Å². The van der Waals surface area contributed by atoms with Crippen LogP contribution < -0.4 is 4.90 Å². The topological polar surface area (TPSA) is 32.3 Å². The second-order valence-corrected chi connectivity index (χ2v) is 4.95. The molecule has 1 aromatic heterocycles. The maximum atomic E-state index is 4.32. The summed E-state index contributed by atoms with van der Waals surface area (Å²) in [6.07, 6.45) is 4.84. The van der Waals surface area contributed by atoms with Gasteiger partial charge in [0.15, 0.2) is 0 Å². The van der Waals surface area contributed by atoms with Gasteiger partial charge in [-0.3, -0.25) is 4.90 Å². The Balaban J connectivity index is 1.91. The zero-order valence-electron chi connectivity index (χ0n) is 9.56. The first-order valence-corrected chi connectivity index (χ1v) is 6.53. The average Bonchev–Trinajstić information content (AvgIpc) is 2.32. The van der Waals surface area contributed by atoms with E-state index in [1.165, 1.54) is 13.0 Å². The molecule has 0 radical (unpaired) electrons. The minimum atomic E-state index is 0.847. The summed E-state index contributed by atoms with van der Waals surface area (Å²) in [7, 11) is 0. The summed E-state index contributed by atoms with van der Waals surface area (Å²) in [6.45, 7) is 7.73. The lowest BCUT2D eigenvalue weighted by Gasteiger charge is -2.34. The van der Waals surface area contributed by atoms with Crippen LogP contribution in [0, 0.1) is 0 Å². The Bertz CT molecular complexity index is 319. The van der Waals surface area contributed by atoms with E-state index in [0.29, 0.717) is 0 Å². The first kappa shape index (κ1) is 11.8. The molecule has 5 heteroatoms. The van der Waals surface area contributed by atoms with Crippen LogP contribution in [-0.4, -0.2) is 47.6 Å². The third kappa shape index (κ3) is 2.92. The molecule has 0 aromatic carbocycles. The van der Waals surface area contributed by atoms with E-state index in [2.05, 4.69) is 42.6 Å². The number of anilines is 1. The minimum Gasteiger partial charge on any atom is -0.338 e. The summed E-state index contributed by atoms with van der Waals surface area (Å²) in [5, 5.41) is 0. The lowest BCUT2D eigenvalue weighted by Crippen LogP contribution is -2.47. The molecule has 0 amide bonds. The molecule has 0 N–H and O–H groups in total. The van der Waals surface area contributed by atoms with Crippen molar-refractivity contribution in [1.82, 2.24) is 14.9 Å². The van der Waals surface area contributed by atoms with E-state index in [9.17, 15) is 0 Å². The van der Waals surface area contributed by atoms with Crippen molar-refractivity contribution >= 4 is 21.9 Å². The van der Waals surface area contributed by atoms with Crippen molar-refractivity contribution in [3.63, 3.8) is 0 Å². The van der Waals surface area contributed by atoms with Gasteiger partial charge in [-0.25, -0.2) is 9.97 Å². The fourth-order valence-corrected chi connectivity index (χ4v) is 2.16. The van der Waals surface area contributed by atoms with Crippen LogP contribution in [0.5, 0.6) is 0 Å². The number of nitrogens with zero attached hydrogens (tertiary/aromatic N) is 4. The molecule has 0 spiro atoms. The van der Waals surface area contributed by atoms with E-state index in [0.717, 1.165) is 36.6 Å². The quantitative estimate of drug-likeness (QED) is 0.847. The number of halogens is 1. The standard InChI is InChI=1S/C11H17BrN4/c1-2-3-15-4-6-16(7-5-15)11-13-8-10(12)9-14-11/h8-9H,2-7H2,1H3. The molecule has 4 nitrogen and oxygen atoms in total. The molecule has 0 unspecified atom stereocenters. The van der Waals surface area contributed by atoms with Crippen molar-refractivity contribution < 1.29 is 0 Å². The van der Waals surface area contributed by atoms with Crippen LogP contribution in [0.2, 0.25) is 0 Å². The predicted molar refractivity (Wildman–Crippen MR) is 68.7 cm³/mol. The molecular weight excluding hydrogens is 268 g/mol. The van der Waals surface area contributed by atoms with E-state index >= 15 is 0 Å². The van der Waals surface area contributed by atoms with Crippen LogP contribution in [0.25, 0.3) is 0 Å². The van der Waals surface area contributed by atoms with E-state index in [4.69, 9.17) is 0 Å². The SMILES string of the molecule is CCCN1CCN(c2ncc(Br)cn2)CC1. The van der Waals surface area contributed by atoms with Crippen molar-refractivity contribution in [3.05, 3.63) is 16.9 Å². The highest BCUT2D eigenvalue weighted by Gasteiger charge is 2.17. The summed E-state index contributed by atoms with van der Waals surface area (Å²) in [5.74, 6) is 0.847. The molecule has 1 fully saturated rings. The maximum absolute atomic E-state index is 4.32. The third-order valence-electron chi connectivity index (χ3n) is 2.80. The highest BCUT2D eigenvalue weighted by atomic mass is 79.9. The molecule has 0 aliphatic carbocycles. The minimum absolute atomic E-state index is 0.847. The van der Waals surface area contributed by atoms with Crippen molar-refractivity contribution in [2.24, 2.45) is 0 Å². The van der Waals surface area contributed by atoms with Crippen LogP contribution in [0.3, 0.4) is 0 Å². The summed E-state index contributed by atoms with van der Waals surface area (Å²) >= 11 is 3.35. The van der Waals surface area contributed by atoms with Crippen molar-refractivity contribution in [1.29, 1.82) is 0 Å². The Morgan fingerprint density at radius 2 is 1.81 bits per heavy atom. The monoisotopic (exact) mass is 284 g/mol. The van der Waals surface area contributed by atoms with Gasteiger partial charge in [0.2, 0.25) is 5.95 Å². The van der Waals surface area contributed by atoms with E-state index < -0.39 is 0 Å². The summed E-state index contributed by atoms with van der Waals surface area (Å²) in [6, 6.07) is 0. The van der Waals surface area contributed by atoms with Crippen molar-refractivity contribution in [2.45, 2.75) is 13.3 Å². The summed E-state index contributed by atoms with van der Waals surface area (Å²) in [4.78, 5) is 13.4. The first-order chi connectivity index (χ1) is 7.79. The molecular formula is C11H17BrN4. The molecule has 0 bridgehead atoms. The normalized spacial score (nSPS) is 17.8. The number of hydrogen-bond acceptors (Lipinski definition) is 4. The Labute approximate surface area is 105 Å². The Hall–Kier alpha value is -0.680. The maximum Gasteiger partial charge on any atom is 0.225 e. The van der Waals surface area contributed by atoms with Gasteiger partial charge in [0.1, 0.15) is 0 Å². The molecule has 88 valence electrons. The Morgan fingerprint density at radius 3 is 2.38 bits per heavy atom. The van der Waals surface area contributed by atoms with E-state index in [-0.39, 0.29) is 0 Å². The second-order valence-electron chi connectivity index (χ2n) is 4.03. The molecule has 1 aliphatic heterocycles. The van der Waals surface area contributed by atoms with Gasteiger partial charge >= 0.3 is 0 Å². The predicted octanol–water partition coefficient (Wildman–Crippen LogP) is 1.77. The van der Waals surface area contributed by atoms with Crippen LogP contribution in [0.15, 0.2) is 16.9 Å². The molecule has 1 aromatic rings. The van der Waals surface area contributed by atoms with Gasteiger partial charge in [-0.1, -0.05) is 6.92 Å². The van der Waals surface area contributed by atoms with Crippen LogP contribution in [0.1, 0.15) is 13.3 Å². The lowest BCUT2D eigenvalue weighted by molar-refractivity contribution is 0.257. The fourth-order valence-electron chi connectivity index (χ4n) is 1.96. The second kappa shape index (κ2) is 5.59. The zero-order valence-corrected chi connectivity index (χ0v) is 11.2. The van der Waals surface area contributed by atoms with Gasteiger partial charge in [0.25, 0.3) is 0 Å². The van der Waals surface area contributed by atoms with Gasteiger partial charge in [-0.2, -0.15) is 0 Å². The third-order valence-corrected chi connectivity index (χ3v) is 3.21. The molecule has 0 atom stereocenters. The number of hydrogen-bond donors (Lipinski definition) is 0. The van der Waals surface area contributed by atoms with Gasteiger partial charge in [0, 0.05) is 38.6 Å². The molecule has 2 heterocycles. The number of piperazine rings is 1. The Morgan fingerprint density at radius 1 is 1.19 bits per heavy atom. The molecule has 1 aliphatic rings. The Kier molecular flexibility index (Phi) is 4.12. The zero-order chi connectivity index (χ0) is 11.4. The molecule has 1 saturated heterocycles. The fraction of sp³-hybridized carbons (Fsp3) is 0.636. The average molecular weight is 285 g/mol. The van der Waals surface area contributed by atoms with Crippen molar-refractivity contribution in [2.75, 3.05) is 37.6 Å². The summed E-state index contributed by atoms with van der Waals surface area (Å²) in [5.41, 5.74) is 0. The van der Waals surface area contributed by atoms with Crippen molar-refractivity contribution in [3.8, 4) is 0 Å². The summed E-state index contributed by atoms with van der Waals surface area (Å²) < 4.78 is 0.931. The number of aromatic nitrogens is 2. The van der Waals surface area contributed by atoms with Crippen LogP contribution >= 0.6 is 15.9 Å². The number of rotatable bonds is 3. The molecule has 2 rings (SSSR count). The lowest BCUT2D eigenvalue weighted by atomic mass is 10.3. The van der Waals surface area contributed by atoms with Gasteiger partial charge in [0.05, 0.1) is 4.47 Å². The first-order valence-electron chi connectivity index (χ1n) is 5.74. The largest absolute Gasteiger partial charge is 0.338 e. The van der Waals surface area contributed by atoms with Gasteiger partial charge < -0.3 is 4.90 Å². The highest BCUT2D eigenvalue weighted by Crippen LogP contribution is 2.13. The van der Waals surface area contributed by atoms with E-state index in [1.807, 2.05) is 0 Å². The van der Waals surface area contributed by atoms with Gasteiger partial charge in [-0.05, 0) is 28.9 Å². The van der Waals surface area contributed by atoms with E-state index in [1.54, 1.807) is 12.4 Å². The smallest absolute Gasteiger partial charge is 0.225 e. The molecule has 16 heavy (non-hydrogen) atoms. The molecule has 0 saturated carbocycles. The van der Waals surface area contributed by atoms with Crippen LogP contribution in [0.4, 0.5) is 5.95 Å².